The Morgan fingerprint density at radius 1 is 1.26 bits per heavy atom. The summed E-state index contributed by atoms with van der Waals surface area (Å²) in [5.74, 6) is 3.53. The predicted molar refractivity (Wildman–Crippen MR) is 136 cm³/mol. The molecular formula is C23H37IN6O. The average Bonchev–Trinajstić information content (AvgIpc) is 3.07. The lowest BCUT2D eigenvalue weighted by atomic mass is 10.0. The predicted octanol–water partition coefficient (Wildman–Crippen LogP) is 4.66. The Kier molecular flexibility index (Phi) is 10.6. The van der Waals surface area contributed by atoms with E-state index in [1.165, 1.54) is 31.2 Å². The van der Waals surface area contributed by atoms with Gasteiger partial charge in [-0.25, -0.2) is 4.99 Å². The monoisotopic (exact) mass is 540 g/mol. The van der Waals surface area contributed by atoms with Gasteiger partial charge in [-0.1, -0.05) is 50.8 Å². The van der Waals surface area contributed by atoms with Crippen molar-refractivity contribution < 1.29 is 4.74 Å². The number of aliphatic imine (C=N–C) groups is 1. The van der Waals surface area contributed by atoms with Gasteiger partial charge >= 0.3 is 0 Å². The summed E-state index contributed by atoms with van der Waals surface area (Å²) in [7, 11) is 1.98. The van der Waals surface area contributed by atoms with Crippen LogP contribution in [0, 0.1) is 6.92 Å². The number of guanidine groups is 1. The fraction of sp³-hybridized carbons (Fsp3) is 0.609. The second-order valence-electron chi connectivity index (χ2n) is 8.15. The van der Waals surface area contributed by atoms with Gasteiger partial charge in [0.2, 0.25) is 0 Å². The van der Waals surface area contributed by atoms with Crippen LogP contribution in [0.1, 0.15) is 75.6 Å². The Hall–Kier alpha value is -1.84. The smallest absolute Gasteiger partial charge is 0.192 e. The van der Waals surface area contributed by atoms with Crippen LogP contribution >= 0.6 is 24.0 Å². The highest BCUT2D eigenvalue weighted by atomic mass is 127. The van der Waals surface area contributed by atoms with Crippen LogP contribution < -0.4 is 15.4 Å². The van der Waals surface area contributed by atoms with Crippen LogP contribution in [0.3, 0.4) is 0 Å². The van der Waals surface area contributed by atoms with Crippen molar-refractivity contribution in [2.75, 3.05) is 6.61 Å². The summed E-state index contributed by atoms with van der Waals surface area (Å²) >= 11 is 0. The Labute approximate surface area is 203 Å². The molecule has 0 fully saturated rings. The maximum absolute atomic E-state index is 5.82. The standard InChI is InChI=1S/C23H36N6O.HI/c1-5-6-7-8-11-17(2)25-23(24-16-22-28-27-18(3)29(22)4)26-20-14-15-30-21-13-10-9-12-19(20)21;/h9-10,12-13,17,20H,5-8,11,14-16H2,1-4H3,(H2,24,25,26);1H. The molecule has 3 rings (SSSR count). The quantitative estimate of drug-likeness (QED) is 0.210. The van der Waals surface area contributed by atoms with Crippen LogP contribution in [0.25, 0.3) is 0 Å². The molecule has 1 aliphatic rings. The van der Waals surface area contributed by atoms with Gasteiger partial charge in [-0.3, -0.25) is 0 Å². The zero-order valence-electron chi connectivity index (χ0n) is 19.2. The van der Waals surface area contributed by atoms with Crippen molar-refractivity contribution in [3.63, 3.8) is 0 Å². The number of ether oxygens (including phenoxy) is 1. The minimum Gasteiger partial charge on any atom is -0.493 e. The zero-order chi connectivity index (χ0) is 21.3. The molecular weight excluding hydrogens is 503 g/mol. The number of nitrogens with zero attached hydrogens (tertiary/aromatic N) is 4. The molecule has 172 valence electrons. The largest absolute Gasteiger partial charge is 0.493 e. The van der Waals surface area contributed by atoms with Crippen molar-refractivity contribution in [3.8, 4) is 5.75 Å². The molecule has 0 saturated carbocycles. The summed E-state index contributed by atoms with van der Waals surface area (Å²) in [6.07, 6.45) is 7.12. The van der Waals surface area contributed by atoms with Gasteiger partial charge in [0.15, 0.2) is 11.8 Å². The number of fused-ring (bicyclic) bond motifs is 1. The second kappa shape index (κ2) is 12.9. The molecule has 0 saturated heterocycles. The summed E-state index contributed by atoms with van der Waals surface area (Å²) in [5.41, 5.74) is 1.18. The molecule has 2 N–H and O–H groups in total. The van der Waals surface area contributed by atoms with Gasteiger partial charge in [-0.15, -0.1) is 34.2 Å². The van der Waals surface area contributed by atoms with E-state index in [1.807, 2.05) is 30.7 Å². The van der Waals surface area contributed by atoms with Gasteiger partial charge in [0.25, 0.3) is 0 Å². The Bertz CT molecular complexity index is 837. The molecule has 0 spiro atoms. The van der Waals surface area contributed by atoms with Crippen molar-refractivity contribution in [2.45, 2.75) is 77.9 Å². The Morgan fingerprint density at radius 2 is 2.06 bits per heavy atom. The third-order valence-corrected chi connectivity index (χ3v) is 5.70. The highest BCUT2D eigenvalue weighted by molar-refractivity contribution is 14.0. The SMILES string of the molecule is CCCCCCC(C)NC(=NCc1nnc(C)n1C)NC1CCOc2ccccc21.I. The van der Waals surface area contributed by atoms with E-state index in [4.69, 9.17) is 9.73 Å². The Balaban J connectivity index is 0.00000341. The van der Waals surface area contributed by atoms with Crippen LogP contribution in [-0.4, -0.2) is 33.4 Å². The number of hydrogen-bond donors (Lipinski definition) is 2. The van der Waals surface area contributed by atoms with Crippen LogP contribution in [0.5, 0.6) is 5.75 Å². The fourth-order valence-electron chi connectivity index (χ4n) is 3.71. The third-order valence-electron chi connectivity index (χ3n) is 5.70. The molecule has 1 aromatic carbocycles. The zero-order valence-corrected chi connectivity index (χ0v) is 21.6. The van der Waals surface area contributed by atoms with E-state index in [9.17, 15) is 0 Å². The van der Waals surface area contributed by atoms with E-state index < -0.39 is 0 Å². The molecule has 31 heavy (non-hydrogen) atoms. The maximum Gasteiger partial charge on any atom is 0.192 e. The second-order valence-corrected chi connectivity index (χ2v) is 8.15. The first-order valence-corrected chi connectivity index (χ1v) is 11.2. The number of rotatable bonds is 9. The van der Waals surface area contributed by atoms with Crippen LogP contribution in [0.2, 0.25) is 0 Å². The first kappa shape index (κ1) is 25.4. The normalized spacial score (nSPS) is 16.6. The van der Waals surface area contributed by atoms with Crippen molar-refractivity contribution in [1.82, 2.24) is 25.4 Å². The maximum atomic E-state index is 5.82. The number of aromatic nitrogens is 3. The molecule has 2 heterocycles. The lowest BCUT2D eigenvalue weighted by molar-refractivity contribution is 0.261. The molecule has 2 atom stereocenters. The van der Waals surface area contributed by atoms with E-state index in [1.54, 1.807) is 0 Å². The van der Waals surface area contributed by atoms with Gasteiger partial charge in [-0.05, 0) is 26.3 Å². The van der Waals surface area contributed by atoms with Gasteiger partial charge in [0, 0.05) is 25.1 Å². The topological polar surface area (TPSA) is 76.4 Å². The number of para-hydroxylation sites is 1. The molecule has 0 amide bonds. The van der Waals surface area contributed by atoms with E-state index in [0.717, 1.165) is 36.2 Å². The molecule has 0 bridgehead atoms. The molecule has 8 heteroatoms. The van der Waals surface area contributed by atoms with Crippen molar-refractivity contribution in [2.24, 2.45) is 12.0 Å². The lowest BCUT2D eigenvalue weighted by Crippen LogP contribution is -2.44. The molecule has 7 nitrogen and oxygen atoms in total. The number of hydrogen-bond acceptors (Lipinski definition) is 4. The van der Waals surface area contributed by atoms with E-state index in [0.29, 0.717) is 19.2 Å². The Morgan fingerprint density at radius 3 is 2.81 bits per heavy atom. The average molecular weight is 540 g/mol. The third kappa shape index (κ3) is 7.36. The van der Waals surface area contributed by atoms with E-state index >= 15 is 0 Å². The summed E-state index contributed by atoms with van der Waals surface area (Å²) < 4.78 is 7.80. The fourth-order valence-corrected chi connectivity index (χ4v) is 3.71. The highest BCUT2D eigenvalue weighted by Crippen LogP contribution is 2.31. The van der Waals surface area contributed by atoms with E-state index in [2.05, 4.69) is 46.8 Å². The molecule has 0 radical (unpaired) electrons. The molecule has 2 unspecified atom stereocenters. The number of halogens is 1. The van der Waals surface area contributed by atoms with Gasteiger partial charge < -0.3 is 19.9 Å². The summed E-state index contributed by atoms with van der Waals surface area (Å²) in [6.45, 7) is 7.62. The summed E-state index contributed by atoms with van der Waals surface area (Å²) in [6, 6.07) is 8.77. The van der Waals surface area contributed by atoms with Gasteiger partial charge in [0.1, 0.15) is 18.1 Å². The number of unbranched alkanes of at least 4 members (excludes halogenated alkanes) is 3. The summed E-state index contributed by atoms with van der Waals surface area (Å²) in [5, 5.41) is 15.6. The number of aryl methyl sites for hydroxylation is 1. The minimum absolute atomic E-state index is 0. The van der Waals surface area contributed by atoms with Crippen molar-refractivity contribution in [1.29, 1.82) is 0 Å². The first-order chi connectivity index (χ1) is 14.6. The molecule has 2 aromatic rings. The van der Waals surface area contributed by atoms with E-state index in [-0.39, 0.29) is 30.0 Å². The lowest BCUT2D eigenvalue weighted by Gasteiger charge is -2.29. The van der Waals surface area contributed by atoms with Crippen LogP contribution in [-0.2, 0) is 13.6 Å². The van der Waals surface area contributed by atoms with Crippen LogP contribution in [0.4, 0.5) is 0 Å². The van der Waals surface area contributed by atoms with Gasteiger partial charge in [0.05, 0.1) is 12.6 Å². The van der Waals surface area contributed by atoms with Gasteiger partial charge in [-0.2, -0.15) is 0 Å². The number of nitrogens with one attached hydrogen (secondary N) is 2. The minimum atomic E-state index is 0. The van der Waals surface area contributed by atoms with Crippen molar-refractivity contribution >= 4 is 29.9 Å². The highest BCUT2D eigenvalue weighted by Gasteiger charge is 2.22. The summed E-state index contributed by atoms with van der Waals surface area (Å²) in [4.78, 5) is 4.85. The number of benzene rings is 1. The molecule has 1 aliphatic heterocycles. The molecule has 1 aromatic heterocycles. The molecule has 0 aliphatic carbocycles. The van der Waals surface area contributed by atoms with Crippen LogP contribution in [0.15, 0.2) is 29.3 Å². The first-order valence-electron chi connectivity index (χ1n) is 11.2. The van der Waals surface area contributed by atoms with Crippen molar-refractivity contribution in [3.05, 3.63) is 41.5 Å².